The van der Waals surface area contributed by atoms with E-state index in [1.807, 2.05) is 0 Å². The van der Waals surface area contributed by atoms with Crippen molar-refractivity contribution >= 4 is 5.91 Å². The summed E-state index contributed by atoms with van der Waals surface area (Å²) in [6, 6.07) is 6.40. The highest BCUT2D eigenvalue weighted by molar-refractivity contribution is 5.85. The van der Waals surface area contributed by atoms with Gasteiger partial charge in [-0.3, -0.25) is 4.79 Å². The summed E-state index contributed by atoms with van der Waals surface area (Å²) in [6.45, 7) is 0. The van der Waals surface area contributed by atoms with Crippen molar-refractivity contribution in [3.8, 4) is 5.75 Å². The van der Waals surface area contributed by atoms with Crippen LogP contribution in [0.15, 0.2) is 24.3 Å². The highest BCUT2D eigenvalue weighted by Crippen LogP contribution is 2.34. The van der Waals surface area contributed by atoms with Gasteiger partial charge in [-0.15, -0.1) is 0 Å². The molecule has 0 saturated heterocycles. The summed E-state index contributed by atoms with van der Waals surface area (Å²) in [7, 11) is 0. The molecule has 5 heteroatoms. The van der Waals surface area contributed by atoms with Gasteiger partial charge in [0.15, 0.2) is 0 Å². The number of hydrogen-bond acceptors (Lipinski definition) is 3. The summed E-state index contributed by atoms with van der Waals surface area (Å²) in [6.07, 6.45) is 5.28. The molecule has 4 nitrogen and oxygen atoms in total. The highest BCUT2D eigenvalue weighted by atomic mass is 19.1. The molecule has 2 saturated carbocycles. The van der Waals surface area contributed by atoms with E-state index in [0.717, 1.165) is 32.1 Å². The minimum Gasteiger partial charge on any atom is -0.490 e. The summed E-state index contributed by atoms with van der Waals surface area (Å²) in [5.74, 6) is 0.0581. The van der Waals surface area contributed by atoms with Crippen molar-refractivity contribution in [2.24, 2.45) is 5.73 Å². The fraction of sp³-hybridized carbons (Fsp3) is 0.562. The lowest BCUT2D eigenvalue weighted by Gasteiger charge is -2.39. The molecule has 3 rings (SSSR count). The first-order valence-electron chi connectivity index (χ1n) is 7.57. The zero-order valence-electron chi connectivity index (χ0n) is 12.0. The van der Waals surface area contributed by atoms with Crippen LogP contribution in [-0.4, -0.2) is 23.6 Å². The number of nitrogens with one attached hydrogen (secondary N) is 1. The Bertz CT molecular complexity index is 516. The average Bonchev–Trinajstić information content (AvgIpc) is 3.25. The van der Waals surface area contributed by atoms with Gasteiger partial charge in [-0.1, -0.05) is 0 Å². The second kappa shape index (κ2) is 5.64. The molecule has 1 aromatic carbocycles. The summed E-state index contributed by atoms with van der Waals surface area (Å²) in [5.41, 5.74) is 5.00. The van der Waals surface area contributed by atoms with Crippen LogP contribution in [0.1, 0.15) is 38.5 Å². The smallest absolute Gasteiger partial charge is 0.237 e. The Morgan fingerprint density at radius 3 is 2.62 bits per heavy atom. The lowest BCUT2D eigenvalue weighted by Crippen LogP contribution is -2.60. The Morgan fingerprint density at radius 2 is 2.00 bits per heavy atom. The third-order valence-electron chi connectivity index (χ3n) is 4.35. The molecule has 1 amide bonds. The molecule has 2 fully saturated rings. The first-order chi connectivity index (χ1) is 10.1. The van der Waals surface area contributed by atoms with E-state index in [1.165, 1.54) is 12.1 Å². The molecule has 114 valence electrons. The second-order valence-electron chi connectivity index (χ2n) is 6.16. The van der Waals surface area contributed by atoms with Crippen molar-refractivity contribution in [2.45, 2.75) is 56.2 Å². The van der Waals surface area contributed by atoms with Gasteiger partial charge in [-0.25, -0.2) is 4.39 Å². The SMILES string of the molecule is NC(=O)C1(NC2CC2)CCCC(Oc2ccc(F)cc2)C1. The number of carbonyl (C=O) groups is 1. The van der Waals surface area contributed by atoms with Crippen LogP contribution < -0.4 is 15.8 Å². The van der Waals surface area contributed by atoms with Crippen molar-refractivity contribution in [3.63, 3.8) is 0 Å². The summed E-state index contributed by atoms with van der Waals surface area (Å²) in [4.78, 5) is 11.9. The number of carbonyl (C=O) groups excluding carboxylic acids is 1. The lowest BCUT2D eigenvalue weighted by atomic mass is 9.79. The number of hydrogen-bond donors (Lipinski definition) is 2. The molecule has 0 bridgehead atoms. The van der Waals surface area contributed by atoms with Crippen LogP contribution in [0.5, 0.6) is 5.75 Å². The van der Waals surface area contributed by atoms with Gasteiger partial charge in [0.25, 0.3) is 0 Å². The number of nitrogens with two attached hydrogens (primary N) is 1. The first kappa shape index (κ1) is 14.3. The minimum absolute atomic E-state index is 0.0667. The monoisotopic (exact) mass is 292 g/mol. The molecule has 21 heavy (non-hydrogen) atoms. The van der Waals surface area contributed by atoms with E-state index in [2.05, 4.69) is 5.32 Å². The van der Waals surface area contributed by atoms with E-state index in [0.29, 0.717) is 18.2 Å². The van der Waals surface area contributed by atoms with Gasteiger partial charge in [0.1, 0.15) is 23.2 Å². The van der Waals surface area contributed by atoms with Crippen LogP contribution in [-0.2, 0) is 4.79 Å². The third kappa shape index (κ3) is 3.35. The van der Waals surface area contributed by atoms with Crippen molar-refractivity contribution in [2.75, 3.05) is 0 Å². The zero-order valence-corrected chi connectivity index (χ0v) is 12.0. The molecule has 2 aliphatic rings. The number of amides is 1. The van der Waals surface area contributed by atoms with E-state index in [1.54, 1.807) is 12.1 Å². The third-order valence-corrected chi connectivity index (χ3v) is 4.35. The van der Waals surface area contributed by atoms with Crippen LogP contribution >= 0.6 is 0 Å². The van der Waals surface area contributed by atoms with Crippen molar-refractivity contribution in [1.82, 2.24) is 5.32 Å². The van der Waals surface area contributed by atoms with E-state index in [4.69, 9.17) is 10.5 Å². The Morgan fingerprint density at radius 1 is 1.29 bits per heavy atom. The molecular formula is C16H21FN2O2. The minimum atomic E-state index is -0.649. The topological polar surface area (TPSA) is 64.4 Å². The molecule has 3 N–H and O–H groups in total. The molecule has 0 heterocycles. The molecule has 0 spiro atoms. The van der Waals surface area contributed by atoms with Crippen molar-refractivity contribution in [1.29, 1.82) is 0 Å². The normalized spacial score (nSPS) is 29.1. The molecule has 2 unspecified atom stereocenters. The van der Waals surface area contributed by atoms with Gasteiger partial charge in [-0.2, -0.15) is 0 Å². The fourth-order valence-corrected chi connectivity index (χ4v) is 3.07. The molecule has 0 radical (unpaired) electrons. The van der Waals surface area contributed by atoms with E-state index >= 15 is 0 Å². The Kier molecular flexibility index (Phi) is 3.85. The average molecular weight is 292 g/mol. The molecule has 2 aliphatic carbocycles. The van der Waals surface area contributed by atoms with E-state index in [9.17, 15) is 9.18 Å². The van der Waals surface area contributed by atoms with Crippen LogP contribution in [0.2, 0.25) is 0 Å². The maximum Gasteiger partial charge on any atom is 0.237 e. The maximum absolute atomic E-state index is 12.9. The van der Waals surface area contributed by atoms with E-state index < -0.39 is 5.54 Å². The summed E-state index contributed by atoms with van der Waals surface area (Å²) < 4.78 is 18.8. The standard InChI is InChI=1S/C16H21FN2O2/c17-11-3-7-13(8-4-11)21-14-2-1-9-16(10-14,15(18)20)19-12-5-6-12/h3-4,7-8,12,14,19H,1-2,5-6,9-10H2,(H2,18,20). The first-order valence-corrected chi connectivity index (χ1v) is 7.57. The van der Waals surface area contributed by atoms with Gasteiger partial charge in [0.2, 0.25) is 5.91 Å². The Hall–Kier alpha value is -1.62. The summed E-state index contributed by atoms with van der Waals surface area (Å²) >= 11 is 0. The van der Waals surface area contributed by atoms with Gasteiger partial charge < -0.3 is 15.8 Å². The van der Waals surface area contributed by atoms with Gasteiger partial charge >= 0.3 is 0 Å². The van der Waals surface area contributed by atoms with E-state index in [-0.39, 0.29) is 17.8 Å². The molecule has 0 aliphatic heterocycles. The van der Waals surface area contributed by atoms with Crippen molar-refractivity contribution < 1.29 is 13.9 Å². The van der Waals surface area contributed by atoms with Crippen LogP contribution in [0.4, 0.5) is 4.39 Å². The maximum atomic E-state index is 12.9. The lowest BCUT2D eigenvalue weighted by molar-refractivity contribution is -0.127. The second-order valence-corrected chi connectivity index (χ2v) is 6.16. The van der Waals surface area contributed by atoms with Crippen LogP contribution in [0.25, 0.3) is 0 Å². The highest BCUT2D eigenvalue weighted by Gasteiger charge is 2.45. The molecule has 2 atom stereocenters. The Balaban J connectivity index is 1.68. The number of primary amides is 1. The summed E-state index contributed by atoms with van der Waals surface area (Å²) in [5, 5.41) is 3.42. The molecule has 1 aromatic rings. The zero-order chi connectivity index (χ0) is 14.9. The number of ether oxygens (including phenoxy) is 1. The van der Waals surface area contributed by atoms with Gasteiger partial charge in [0.05, 0.1) is 0 Å². The molecule has 0 aromatic heterocycles. The van der Waals surface area contributed by atoms with Crippen LogP contribution in [0, 0.1) is 5.82 Å². The predicted molar refractivity (Wildman–Crippen MR) is 77.4 cm³/mol. The largest absolute Gasteiger partial charge is 0.490 e. The fourth-order valence-electron chi connectivity index (χ4n) is 3.07. The quantitative estimate of drug-likeness (QED) is 0.873. The number of rotatable bonds is 5. The van der Waals surface area contributed by atoms with Crippen molar-refractivity contribution in [3.05, 3.63) is 30.1 Å². The number of benzene rings is 1. The molecular weight excluding hydrogens is 271 g/mol. The predicted octanol–water partition coefficient (Wildman–Crippen LogP) is 2.12. The van der Waals surface area contributed by atoms with Gasteiger partial charge in [-0.05, 0) is 56.4 Å². The van der Waals surface area contributed by atoms with Crippen LogP contribution in [0.3, 0.4) is 0 Å². The van der Waals surface area contributed by atoms with Gasteiger partial charge in [0, 0.05) is 12.5 Å². The number of halogens is 1. The Labute approximate surface area is 123 Å².